The molecule has 2 unspecified atom stereocenters. The second-order valence-corrected chi connectivity index (χ2v) is 8.53. The van der Waals surface area contributed by atoms with Gasteiger partial charge in [-0.1, -0.05) is 25.5 Å². The average Bonchev–Trinajstić information content (AvgIpc) is 2.71. The number of carbonyl (C=O) groups is 1. The number of hydrogen-bond donors (Lipinski definition) is 0. The fourth-order valence-electron chi connectivity index (χ4n) is 3.54. The van der Waals surface area contributed by atoms with E-state index in [0.29, 0.717) is 28.0 Å². The average molecular weight is 439 g/mol. The zero-order valence-corrected chi connectivity index (χ0v) is 17.8. The summed E-state index contributed by atoms with van der Waals surface area (Å²) in [5.41, 5.74) is 1.11. The van der Waals surface area contributed by atoms with Gasteiger partial charge < -0.3 is 9.64 Å². The van der Waals surface area contributed by atoms with Crippen molar-refractivity contribution in [3.05, 3.63) is 53.9 Å². The maximum atomic E-state index is 13.0. The van der Waals surface area contributed by atoms with Crippen molar-refractivity contribution in [3.63, 3.8) is 0 Å². The predicted octanol–water partition coefficient (Wildman–Crippen LogP) is 5.92. The second kappa shape index (κ2) is 9.73. The molecule has 3 rings (SSSR count). The Morgan fingerprint density at radius 1 is 1.23 bits per heavy atom. The standard InChI is InChI=1S/C22H25F3N2O2S/c1-3-16-11-10-15(2)27(13-16)21(28)20-9-4-6-17(26-20)14-30-19-8-5-7-18(12-19)29-22(23,24)25/h4-9,12,15-16H,3,10-11,13-14H2,1-2H3. The number of aromatic nitrogens is 1. The lowest BCUT2D eigenvalue weighted by molar-refractivity contribution is -0.274. The smallest absolute Gasteiger partial charge is 0.406 e. The van der Waals surface area contributed by atoms with Gasteiger partial charge in [-0.3, -0.25) is 4.79 Å². The van der Waals surface area contributed by atoms with E-state index in [4.69, 9.17) is 0 Å². The SMILES string of the molecule is CCC1CCC(C)N(C(=O)c2cccc(CSc3cccc(OC(F)(F)F)c3)n2)C1. The van der Waals surface area contributed by atoms with E-state index in [1.807, 2.05) is 11.0 Å². The van der Waals surface area contributed by atoms with E-state index >= 15 is 0 Å². The quantitative estimate of drug-likeness (QED) is 0.525. The molecule has 0 radical (unpaired) electrons. The van der Waals surface area contributed by atoms with Crippen molar-refractivity contribution < 1.29 is 22.7 Å². The van der Waals surface area contributed by atoms with Gasteiger partial charge in [0.2, 0.25) is 0 Å². The van der Waals surface area contributed by atoms with Crippen LogP contribution in [0.3, 0.4) is 0 Å². The van der Waals surface area contributed by atoms with Crippen LogP contribution in [0.4, 0.5) is 13.2 Å². The Hall–Kier alpha value is -2.22. The van der Waals surface area contributed by atoms with E-state index in [-0.39, 0.29) is 17.7 Å². The summed E-state index contributed by atoms with van der Waals surface area (Å²) in [6, 6.07) is 11.3. The normalized spacial score (nSPS) is 19.6. The summed E-state index contributed by atoms with van der Waals surface area (Å²) >= 11 is 1.34. The summed E-state index contributed by atoms with van der Waals surface area (Å²) in [6.45, 7) is 4.97. The van der Waals surface area contributed by atoms with Crippen molar-refractivity contribution >= 4 is 17.7 Å². The number of hydrogen-bond acceptors (Lipinski definition) is 4. The third-order valence-corrected chi connectivity index (χ3v) is 6.30. The van der Waals surface area contributed by atoms with Gasteiger partial charge in [0.1, 0.15) is 11.4 Å². The summed E-state index contributed by atoms with van der Waals surface area (Å²) in [4.78, 5) is 20.1. The highest BCUT2D eigenvalue weighted by atomic mass is 32.2. The minimum Gasteiger partial charge on any atom is -0.406 e. The number of alkyl halides is 3. The molecule has 1 saturated heterocycles. The number of ether oxygens (including phenoxy) is 1. The van der Waals surface area contributed by atoms with Crippen molar-refractivity contribution in [1.82, 2.24) is 9.88 Å². The number of benzene rings is 1. The maximum Gasteiger partial charge on any atom is 0.573 e. The number of thioether (sulfide) groups is 1. The number of amides is 1. The Morgan fingerprint density at radius 2 is 2.00 bits per heavy atom. The molecule has 1 aromatic heterocycles. The van der Waals surface area contributed by atoms with E-state index < -0.39 is 6.36 Å². The van der Waals surface area contributed by atoms with Crippen molar-refractivity contribution in [2.75, 3.05) is 6.54 Å². The van der Waals surface area contributed by atoms with Crippen molar-refractivity contribution in [2.24, 2.45) is 5.92 Å². The van der Waals surface area contributed by atoms with Crippen LogP contribution >= 0.6 is 11.8 Å². The Kier molecular flexibility index (Phi) is 7.28. The summed E-state index contributed by atoms with van der Waals surface area (Å²) in [6.07, 6.45) is -1.53. The summed E-state index contributed by atoms with van der Waals surface area (Å²) in [7, 11) is 0. The molecule has 1 aliphatic heterocycles. The van der Waals surface area contributed by atoms with Gasteiger partial charge in [0.15, 0.2) is 0 Å². The molecule has 2 atom stereocenters. The largest absolute Gasteiger partial charge is 0.573 e. The first-order valence-corrected chi connectivity index (χ1v) is 11.0. The minimum absolute atomic E-state index is 0.0620. The molecule has 2 heterocycles. The number of carbonyl (C=O) groups excluding carboxylic acids is 1. The third kappa shape index (κ3) is 6.14. The highest BCUT2D eigenvalue weighted by molar-refractivity contribution is 7.98. The lowest BCUT2D eigenvalue weighted by Gasteiger charge is -2.37. The van der Waals surface area contributed by atoms with Gasteiger partial charge in [0, 0.05) is 23.2 Å². The summed E-state index contributed by atoms with van der Waals surface area (Å²) < 4.78 is 41.2. The van der Waals surface area contributed by atoms with Gasteiger partial charge in [-0.2, -0.15) is 0 Å². The molecular formula is C22H25F3N2O2S. The number of halogens is 3. The molecule has 0 aliphatic carbocycles. The number of pyridine rings is 1. The molecule has 1 amide bonds. The van der Waals surface area contributed by atoms with Crippen LogP contribution in [0, 0.1) is 5.92 Å². The van der Waals surface area contributed by atoms with Crippen LogP contribution in [0.15, 0.2) is 47.4 Å². The van der Waals surface area contributed by atoms with Gasteiger partial charge >= 0.3 is 6.36 Å². The van der Waals surface area contributed by atoms with Gasteiger partial charge in [-0.15, -0.1) is 24.9 Å². The predicted molar refractivity (Wildman–Crippen MR) is 110 cm³/mol. The first-order valence-electron chi connectivity index (χ1n) is 10.0. The zero-order chi connectivity index (χ0) is 21.7. The monoisotopic (exact) mass is 438 g/mol. The molecule has 30 heavy (non-hydrogen) atoms. The molecule has 8 heteroatoms. The van der Waals surface area contributed by atoms with Gasteiger partial charge in [0.25, 0.3) is 5.91 Å². The molecule has 1 fully saturated rings. The van der Waals surface area contributed by atoms with E-state index in [1.165, 1.54) is 30.0 Å². The maximum absolute atomic E-state index is 13.0. The highest BCUT2D eigenvalue weighted by Crippen LogP contribution is 2.29. The highest BCUT2D eigenvalue weighted by Gasteiger charge is 2.31. The Labute approximate surface area is 178 Å². The van der Waals surface area contributed by atoms with Crippen LogP contribution in [-0.2, 0) is 5.75 Å². The molecule has 0 spiro atoms. The van der Waals surface area contributed by atoms with Crippen molar-refractivity contribution in [3.8, 4) is 5.75 Å². The van der Waals surface area contributed by atoms with Crippen LogP contribution in [0.5, 0.6) is 5.75 Å². The Morgan fingerprint density at radius 3 is 2.73 bits per heavy atom. The first-order chi connectivity index (χ1) is 14.2. The van der Waals surface area contributed by atoms with Gasteiger partial charge in [0.05, 0.1) is 5.69 Å². The number of piperidine rings is 1. The van der Waals surface area contributed by atoms with Crippen LogP contribution in [0.1, 0.15) is 49.3 Å². The Bertz CT molecular complexity index is 875. The van der Waals surface area contributed by atoms with Crippen LogP contribution in [0.2, 0.25) is 0 Å². The molecular weight excluding hydrogens is 413 g/mol. The molecule has 162 valence electrons. The first kappa shape index (κ1) is 22.5. The number of nitrogens with zero attached hydrogens (tertiary/aromatic N) is 2. The minimum atomic E-state index is -4.72. The lowest BCUT2D eigenvalue weighted by atomic mass is 9.91. The van der Waals surface area contributed by atoms with Gasteiger partial charge in [-0.25, -0.2) is 4.98 Å². The zero-order valence-electron chi connectivity index (χ0n) is 17.0. The topological polar surface area (TPSA) is 42.4 Å². The van der Waals surface area contributed by atoms with E-state index in [1.54, 1.807) is 18.2 Å². The fraction of sp³-hybridized carbons (Fsp3) is 0.455. The fourth-order valence-corrected chi connectivity index (χ4v) is 4.39. The molecule has 4 nitrogen and oxygen atoms in total. The second-order valence-electron chi connectivity index (χ2n) is 7.48. The van der Waals surface area contributed by atoms with E-state index in [9.17, 15) is 18.0 Å². The summed E-state index contributed by atoms with van der Waals surface area (Å²) in [5, 5.41) is 0. The van der Waals surface area contributed by atoms with Crippen LogP contribution in [-0.4, -0.2) is 34.7 Å². The van der Waals surface area contributed by atoms with Crippen molar-refractivity contribution in [2.45, 2.75) is 56.2 Å². The molecule has 1 aromatic carbocycles. The van der Waals surface area contributed by atoms with Gasteiger partial charge in [-0.05, 0) is 56.0 Å². The molecule has 0 saturated carbocycles. The third-order valence-electron chi connectivity index (χ3n) is 5.27. The van der Waals surface area contributed by atoms with E-state index in [0.717, 1.165) is 25.8 Å². The van der Waals surface area contributed by atoms with Crippen molar-refractivity contribution in [1.29, 1.82) is 0 Å². The summed E-state index contributed by atoms with van der Waals surface area (Å²) in [5.74, 6) is 0.640. The molecule has 0 bridgehead atoms. The van der Waals surface area contributed by atoms with E-state index in [2.05, 4.69) is 23.6 Å². The molecule has 2 aromatic rings. The van der Waals surface area contributed by atoms with Crippen LogP contribution in [0.25, 0.3) is 0 Å². The number of likely N-dealkylation sites (tertiary alicyclic amines) is 1. The number of rotatable bonds is 6. The Balaban J connectivity index is 1.66. The molecule has 0 N–H and O–H groups in total. The lowest BCUT2D eigenvalue weighted by Crippen LogP contribution is -2.45. The van der Waals surface area contributed by atoms with Crippen LogP contribution < -0.4 is 4.74 Å². The molecule has 1 aliphatic rings.